The van der Waals surface area contributed by atoms with Crippen LogP contribution in [0.5, 0.6) is 0 Å². The van der Waals surface area contributed by atoms with Crippen LogP contribution in [0.2, 0.25) is 0 Å². The van der Waals surface area contributed by atoms with E-state index in [2.05, 4.69) is 31.5 Å². The van der Waals surface area contributed by atoms with Gasteiger partial charge in [0.1, 0.15) is 6.07 Å². The number of rotatable bonds is 4. The van der Waals surface area contributed by atoms with Gasteiger partial charge >= 0.3 is 0 Å². The third kappa shape index (κ3) is 2.96. The van der Waals surface area contributed by atoms with Gasteiger partial charge in [0.05, 0.1) is 16.8 Å². The van der Waals surface area contributed by atoms with Crippen LogP contribution in [0.25, 0.3) is 10.9 Å². The van der Waals surface area contributed by atoms with E-state index < -0.39 is 0 Å². The average Bonchev–Trinajstić information content (AvgIpc) is 3.15. The summed E-state index contributed by atoms with van der Waals surface area (Å²) in [6.07, 6.45) is 5.55. The molecule has 0 aliphatic carbocycles. The number of para-hydroxylation sites is 1. The molecule has 25 heavy (non-hydrogen) atoms. The standard InChI is InChI=1S/C19H18N6/c20-11-14-12-21-17-7-2-1-6-16(17)19(14)22-13-15-5-4-10-25(15)18-8-3-9-23-24-18/h1-3,6-9,12,15H,4-5,10,13H2,(H,21,22). The summed E-state index contributed by atoms with van der Waals surface area (Å²) in [7, 11) is 0. The van der Waals surface area contributed by atoms with Gasteiger partial charge in [-0.15, -0.1) is 5.10 Å². The van der Waals surface area contributed by atoms with E-state index in [-0.39, 0.29) is 0 Å². The third-order valence-corrected chi connectivity index (χ3v) is 4.64. The zero-order chi connectivity index (χ0) is 17.1. The van der Waals surface area contributed by atoms with Crippen molar-refractivity contribution in [1.29, 1.82) is 5.26 Å². The van der Waals surface area contributed by atoms with Gasteiger partial charge < -0.3 is 10.2 Å². The molecule has 1 N–H and O–H groups in total. The van der Waals surface area contributed by atoms with E-state index in [1.807, 2.05) is 36.4 Å². The van der Waals surface area contributed by atoms with Crippen LogP contribution in [0.4, 0.5) is 11.5 Å². The van der Waals surface area contributed by atoms with Crippen molar-refractivity contribution in [3.05, 3.63) is 54.4 Å². The molecule has 3 aromatic rings. The van der Waals surface area contributed by atoms with Gasteiger partial charge in [0.15, 0.2) is 5.82 Å². The molecule has 1 saturated heterocycles. The Morgan fingerprint density at radius 2 is 2.16 bits per heavy atom. The number of nitrogens with one attached hydrogen (secondary N) is 1. The minimum Gasteiger partial charge on any atom is -0.381 e. The highest BCUT2D eigenvalue weighted by atomic mass is 15.3. The fourth-order valence-electron chi connectivity index (χ4n) is 3.43. The molecule has 124 valence electrons. The zero-order valence-electron chi connectivity index (χ0n) is 13.8. The highest BCUT2D eigenvalue weighted by Crippen LogP contribution is 2.27. The van der Waals surface area contributed by atoms with E-state index >= 15 is 0 Å². The molecule has 0 spiro atoms. The van der Waals surface area contributed by atoms with Crippen LogP contribution in [-0.2, 0) is 0 Å². The average molecular weight is 330 g/mol. The molecule has 1 unspecified atom stereocenters. The second-order valence-corrected chi connectivity index (χ2v) is 6.13. The van der Waals surface area contributed by atoms with Crippen LogP contribution in [0.15, 0.2) is 48.8 Å². The van der Waals surface area contributed by atoms with Gasteiger partial charge in [-0.1, -0.05) is 18.2 Å². The lowest BCUT2D eigenvalue weighted by molar-refractivity contribution is 0.686. The number of hydrogen-bond donors (Lipinski definition) is 1. The van der Waals surface area contributed by atoms with Crippen molar-refractivity contribution in [3.8, 4) is 6.07 Å². The quantitative estimate of drug-likeness (QED) is 0.792. The lowest BCUT2D eigenvalue weighted by Crippen LogP contribution is -2.35. The molecule has 1 aromatic carbocycles. The van der Waals surface area contributed by atoms with Crippen molar-refractivity contribution in [2.45, 2.75) is 18.9 Å². The molecule has 1 atom stereocenters. The second kappa shape index (κ2) is 6.73. The van der Waals surface area contributed by atoms with Gasteiger partial charge in [-0.05, 0) is 31.0 Å². The summed E-state index contributed by atoms with van der Waals surface area (Å²) in [6.45, 7) is 1.73. The summed E-state index contributed by atoms with van der Waals surface area (Å²) < 4.78 is 0. The van der Waals surface area contributed by atoms with Gasteiger partial charge in [0.2, 0.25) is 0 Å². The van der Waals surface area contributed by atoms with Crippen LogP contribution in [0.3, 0.4) is 0 Å². The van der Waals surface area contributed by atoms with E-state index in [9.17, 15) is 5.26 Å². The number of pyridine rings is 1. The fourth-order valence-corrected chi connectivity index (χ4v) is 3.43. The number of hydrogen-bond acceptors (Lipinski definition) is 6. The van der Waals surface area contributed by atoms with Gasteiger partial charge in [-0.3, -0.25) is 4.98 Å². The molecule has 0 bridgehead atoms. The van der Waals surface area contributed by atoms with E-state index in [1.54, 1.807) is 12.4 Å². The van der Waals surface area contributed by atoms with Gasteiger partial charge in [-0.25, -0.2) is 0 Å². The molecular weight excluding hydrogens is 312 g/mol. The maximum Gasteiger partial charge on any atom is 0.151 e. The first-order valence-electron chi connectivity index (χ1n) is 8.43. The van der Waals surface area contributed by atoms with Crippen molar-refractivity contribution in [2.75, 3.05) is 23.3 Å². The highest BCUT2D eigenvalue weighted by molar-refractivity contribution is 5.93. The van der Waals surface area contributed by atoms with Crippen molar-refractivity contribution in [2.24, 2.45) is 0 Å². The number of nitrogens with zero attached hydrogens (tertiary/aromatic N) is 5. The summed E-state index contributed by atoms with van der Waals surface area (Å²) in [5.41, 5.74) is 2.32. The monoisotopic (exact) mass is 330 g/mol. The Bertz CT molecular complexity index is 918. The predicted octanol–water partition coefficient (Wildman–Crippen LogP) is 2.98. The summed E-state index contributed by atoms with van der Waals surface area (Å²) in [5, 5.41) is 22.1. The van der Waals surface area contributed by atoms with Crippen LogP contribution >= 0.6 is 0 Å². The van der Waals surface area contributed by atoms with Crippen molar-refractivity contribution in [3.63, 3.8) is 0 Å². The Kier molecular flexibility index (Phi) is 4.13. The first kappa shape index (κ1) is 15.3. The highest BCUT2D eigenvalue weighted by Gasteiger charge is 2.26. The van der Waals surface area contributed by atoms with Crippen LogP contribution in [0.1, 0.15) is 18.4 Å². The Hall–Kier alpha value is -3.20. The maximum absolute atomic E-state index is 9.44. The summed E-state index contributed by atoms with van der Waals surface area (Å²) in [6, 6.07) is 14.4. The Balaban J connectivity index is 1.59. The molecule has 1 aliphatic heterocycles. The molecule has 2 aromatic heterocycles. The third-order valence-electron chi connectivity index (χ3n) is 4.64. The summed E-state index contributed by atoms with van der Waals surface area (Å²) in [4.78, 5) is 6.65. The minimum absolute atomic E-state index is 0.329. The normalized spacial score (nSPS) is 16.8. The lowest BCUT2D eigenvalue weighted by atomic mass is 10.1. The molecule has 4 rings (SSSR count). The number of fused-ring (bicyclic) bond motifs is 1. The molecular formula is C19H18N6. The fraction of sp³-hybridized carbons (Fsp3) is 0.263. The minimum atomic E-state index is 0.329. The molecule has 3 heterocycles. The van der Waals surface area contributed by atoms with Gasteiger partial charge in [-0.2, -0.15) is 10.4 Å². The predicted molar refractivity (Wildman–Crippen MR) is 97.3 cm³/mol. The largest absolute Gasteiger partial charge is 0.381 e. The van der Waals surface area contributed by atoms with E-state index in [4.69, 9.17) is 0 Å². The molecule has 0 amide bonds. The topological polar surface area (TPSA) is 77.7 Å². The Labute approximate surface area is 146 Å². The van der Waals surface area contributed by atoms with E-state index in [1.165, 1.54) is 0 Å². The van der Waals surface area contributed by atoms with Crippen LogP contribution in [0, 0.1) is 11.3 Å². The van der Waals surface area contributed by atoms with Gasteiger partial charge in [0.25, 0.3) is 0 Å². The number of benzene rings is 1. The number of aromatic nitrogens is 3. The second-order valence-electron chi connectivity index (χ2n) is 6.13. The Morgan fingerprint density at radius 3 is 3.00 bits per heavy atom. The first-order valence-corrected chi connectivity index (χ1v) is 8.43. The smallest absolute Gasteiger partial charge is 0.151 e. The number of anilines is 2. The van der Waals surface area contributed by atoms with E-state index in [0.29, 0.717) is 11.6 Å². The zero-order valence-corrected chi connectivity index (χ0v) is 13.8. The van der Waals surface area contributed by atoms with Crippen LogP contribution < -0.4 is 10.2 Å². The molecule has 1 aliphatic rings. The van der Waals surface area contributed by atoms with Crippen molar-refractivity contribution >= 4 is 22.4 Å². The first-order chi connectivity index (χ1) is 12.4. The molecule has 6 nitrogen and oxygen atoms in total. The maximum atomic E-state index is 9.44. The summed E-state index contributed by atoms with van der Waals surface area (Å²) >= 11 is 0. The van der Waals surface area contributed by atoms with Gasteiger partial charge in [0, 0.05) is 36.9 Å². The Morgan fingerprint density at radius 1 is 1.24 bits per heavy atom. The van der Waals surface area contributed by atoms with E-state index in [0.717, 1.165) is 48.3 Å². The molecule has 6 heteroatoms. The van der Waals surface area contributed by atoms with Crippen molar-refractivity contribution < 1.29 is 0 Å². The number of nitriles is 1. The molecule has 0 saturated carbocycles. The lowest BCUT2D eigenvalue weighted by Gasteiger charge is -2.26. The molecule has 1 fully saturated rings. The van der Waals surface area contributed by atoms with Crippen LogP contribution in [-0.4, -0.2) is 34.3 Å². The summed E-state index contributed by atoms with van der Waals surface area (Å²) in [5.74, 6) is 0.909. The SMILES string of the molecule is N#Cc1cnc2ccccc2c1NCC1CCCN1c1cccnn1. The molecule has 0 radical (unpaired) electrons. The van der Waals surface area contributed by atoms with Crippen molar-refractivity contribution in [1.82, 2.24) is 15.2 Å².